The van der Waals surface area contributed by atoms with Crippen molar-refractivity contribution in [1.29, 1.82) is 0 Å². The second-order valence-electron chi connectivity index (χ2n) is 1.33. The van der Waals surface area contributed by atoms with Crippen LogP contribution in [0, 0.1) is 0 Å². The van der Waals surface area contributed by atoms with Gasteiger partial charge in [-0.2, -0.15) is 0 Å². The summed E-state index contributed by atoms with van der Waals surface area (Å²) in [7, 11) is 0.120. The fourth-order valence-electron chi connectivity index (χ4n) is 0.0680. The number of hydrogen-bond donors (Lipinski definition) is 0. The summed E-state index contributed by atoms with van der Waals surface area (Å²) in [5, 5.41) is 1.69. The van der Waals surface area contributed by atoms with Crippen LogP contribution in [0.25, 0.3) is 0 Å². The van der Waals surface area contributed by atoms with Gasteiger partial charge in [0.1, 0.15) is 0 Å². The Bertz CT molecular complexity index is 165. The summed E-state index contributed by atoms with van der Waals surface area (Å²) in [4.78, 5) is 0. The zero-order chi connectivity index (χ0) is 8.62. The molecule has 0 aromatic carbocycles. The fourth-order valence-corrected chi connectivity index (χ4v) is 0.204. The van der Waals surface area contributed by atoms with Gasteiger partial charge in [0, 0.05) is 25.0 Å². The summed E-state index contributed by atoms with van der Waals surface area (Å²) in [6, 6.07) is 0. The first-order valence-corrected chi connectivity index (χ1v) is 4.05. The second kappa shape index (κ2) is 6.51. The van der Waals surface area contributed by atoms with Gasteiger partial charge in [-0.1, -0.05) is 13.2 Å². The van der Waals surface area contributed by atoms with Crippen molar-refractivity contribution in [2.75, 3.05) is 14.2 Å². The van der Waals surface area contributed by atoms with E-state index in [1.165, 1.54) is 0 Å². The molecule has 0 aliphatic heterocycles. The molecule has 0 unspecified atom stereocenters. The van der Waals surface area contributed by atoms with Gasteiger partial charge in [-0.3, -0.25) is 0 Å². The molecule has 0 spiro atoms. The van der Waals surface area contributed by atoms with E-state index in [1.807, 2.05) is 0 Å². The molecule has 0 rings (SSSR count). The molecular weight excluding hydrogens is 152 g/mol. The molecule has 0 atom stereocenters. The van der Waals surface area contributed by atoms with Gasteiger partial charge in [0.15, 0.2) is 9.84 Å². The molecule has 0 heterocycles. The Morgan fingerprint density at radius 1 is 1.20 bits per heavy atom. The lowest BCUT2D eigenvalue weighted by atomic mass is 11.3. The highest BCUT2D eigenvalue weighted by Gasteiger charge is 1.90. The van der Waals surface area contributed by atoms with Crippen molar-refractivity contribution in [2.24, 2.45) is 0 Å². The van der Waals surface area contributed by atoms with Crippen LogP contribution in [-0.4, -0.2) is 22.6 Å². The third-order valence-electron chi connectivity index (χ3n) is 0.465. The predicted molar refractivity (Wildman–Crippen MR) is 42.2 cm³/mol. The first-order chi connectivity index (χ1) is 4.54. The maximum absolute atomic E-state index is 10.1. The van der Waals surface area contributed by atoms with E-state index in [-0.39, 0.29) is 0 Å². The van der Waals surface area contributed by atoms with Crippen molar-refractivity contribution in [3.05, 3.63) is 24.0 Å². The summed E-state index contributed by atoms with van der Waals surface area (Å²) in [6.07, 6.45) is 0. The van der Waals surface area contributed by atoms with Crippen LogP contribution < -0.4 is 0 Å². The lowest BCUT2D eigenvalue weighted by Crippen LogP contribution is -1.83. The molecule has 0 aliphatic rings. The van der Waals surface area contributed by atoms with Crippen LogP contribution in [0.15, 0.2) is 24.0 Å². The minimum absolute atomic E-state index is 0.847. The predicted octanol–water partition coefficient (Wildman–Crippen LogP) is 0.951. The Morgan fingerprint density at radius 3 is 1.40 bits per heavy atom. The van der Waals surface area contributed by atoms with E-state index in [0.29, 0.717) is 0 Å². The Labute approximate surface area is 61.9 Å². The van der Waals surface area contributed by atoms with Crippen LogP contribution in [0.1, 0.15) is 0 Å². The minimum Gasteiger partial charge on any atom is -0.388 e. The lowest BCUT2D eigenvalue weighted by molar-refractivity contribution is 0.277. The minimum atomic E-state index is -3.13. The molecule has 0 aromatic rings. The molecular formula is C6H12O3S. The van der Waals surface area contributed by atoms with Crippen molar-refractivity contribution >= 4 is 9.84 Å². The van der Waals surface area contributed by atoms with E-state index in [9.17, 15) is 8.42 Å². The number of rotatable bonds is 2. The molecule has 0 radical (unpaired) electrons. The molecule has 60 valence electrons. The van der Waals surface area contributed by atoms with Gasteiger partial charge in [-0.15, -0.1) is 0 Å². The molecule has 0 N–H and O–H groups in total. The van der Waals surface area contributed by atoms with E-state index >= 15 is 0 Å². The highest BCUT2D eigenvalue weighted by atomic mass is 32.2. The smallest absolute Gasteiger partial charge is 0.191 e. The summed E-state index contributed by atoms with van der Waals surface area (Å²) in [5.41, 5.74) is 0. The molecule has 0 fully saturated rings. The molecule has 0 saturated heterocycles. The zero-order valence-corrected chi connectivity index (χ0v) is 7.02. The Kier molecular flexibility index (Phi) is 7.88. The van der Waals surface area contributed by atoms with Gasteiger partial charge >= 0.3 is 0 Å². The average Bonchev–Trinajstić information content (AvgIpc) is 1.90. The van der Waals surface area contributed by atoms with E-state index < -0.39 is 9.84 Å². The third-order valence-corrected chi connectivity index (χ3v) is 1.39. The third kappa shape index (κ3) is 10.4. The topological polar surface area (TPSA) is 43.4 Å². The number of methoxy groups -OCH3 is 1. The van der Waals surface area contributed by atoms with Crippen molar-refractivity contribution < 1.29 is 13.2 Å². The number of ether oxygens (including phenoxy) is 1. The van der Waals surface area contributed by atoms with Gasteiger partial charge < -0.3 is 4.74 Å². The van der Waals surface area contributed by atoms with E-state index in [0.717, 1.165) is 10.8 Å². The monoisotopic (exact) mass is 164 g/mol. The molecule has 10 heavy (non-hydrogen) atoms. The van der Waals surface area contributed by atoms with Crippen molar-refractivity contribution in [2.45, 2.75) is 0 Å². The quantitative estimate of drug-likeness (QED) is 0.610. The van der Waals surface area contributed by atoms with Gasteiger partial charge in [0.25, 0.3) is 0 Å². The first kappa shape index (κ1) is 12.1. The van der Waals surface area contributed by atoms with Crippen LogP contribution in [0.2, 0.25) is 0 Å². The molecule has 0 aliphatic carbocycles. The Morgan fingerprint density at radius 2 is 1.40 bits per heavy atom. The standard InChI is InChI=1S/C4H6O2S.C2H6O/c1-3-7(5,6)4-2;1-3-2/h3-4H,1-2H2;1-2H3. The maximum Gasteiger partial charge on any atom is 0.191 e. The van der Waals surface area contributed by atoms with Gasteiger partial charge in [0.2, 0.25) is 0 Å². The largest absolute Gasteiger partial charge is 0.388 e. The maximum atomic E-state index is 10.1. The first-order valence-electron chi connectivity index (χ1n) is 2.44. The zero-order valence-electron chi connectivity index (χ0n) is 6.20. The lowest BCUT2D eigenvalue weighted by Gasteiger charge is -1.78. The van der Waals surface area contributed by atoms with E-state index in [2.05, 4.69) is 17.9 Å². The van der Waals surface area contributed by atoms with Crippen LogP contribution in [0.5, 0.6) is 0 Å². The van der Waals surface area contributed by atoms with Crippen LogP contribution in [0.4, 0.5) is 0 Å². The number of sulfone groups is 1. The highest BCUT2D eigenvalue weighted by molar-refractivity contribution is 7.97. The van der Waals surface area contributed by atoms with Crippen LogP contribution >= 0.6 is 0 Å². The fraction of sp³-hybridized carbons (Fsp3) is 0.333. The van der Waals surface area contributed by atoms with E-state index in [1.54, 1.807) is 14.2 Å². The van der Waals surface area contributed by atoms with E-state index in [4.69, 9.17) is 0 Å². The SMILES string of the molecule is C=CS(=O)(=O)C=C.COC. The molecule has 0 bridgehead atoms. The Balaban J connectivity index is 0. The van der Waals surface area contributed by atoms with Crippen molar-refractivity contribution in [1.82, 2.24) is 0 Å². The highest BCUT2D eigenvalue weighted by Crippen LogP contribution is 1.87. The van der Waals surface area contributed by atoms with Crippen LogP contribution in [0.3, 0.4) is 0 Å². The molecule has 0 amide bonds. The second-order valence-corrected chi connectivity index (χ2v) is 3.18. The number of hydrogen-bond acceptors (Lipinski definition) is 3. The van der Waals surface area contributed by atoms with Gasteiger partial charge in [0.05, 0.1) is 0 Å². The Hall–Kier alpha value is -0.610. The van der Waals surface area contributed by atoms with Crippen molar-refractivity contribution in [3.63, 3.8) is 0 Å². The normalized spacial score (nSPS) is 9.00. The summed E-state index contributed by atoms with van der Waals surface area (Å²) in [5.74, 6) is 0. The molecule has 4 heteroatoms. The molecule has 3 nitrogen and oxygen atoms in total. The van der Waals surface area contributed by atoms with Crippen LogP contribution in [-0.2, 0) is 14.6 Å². The summed E-state index contributed by atoms with van der Waals surface area (Å²) in [6.45, 7) is 6.09. The van der Waals surface area contributed by atoms with Crippen molar-refractivity contribution in [3.8, 4) is 0 Å². The summed E-state index contributed by atoms with van der Waals surface area (Å²) < 4.78 is 24.5. The summed E-state index contributed by atoms with van der Waals surface area (Å²) >= 11 is 0. The molecule has 0 saturated carbocycles. The molecule has 0 aromatic heterocycles. The van der Waals surface area contributed by atoms with Gasteiger partial charge in [-0.05, 0) is 0 Å². The van der Waals surface area contributed by atoms with Gasteiger partial charge in [-0.25, -0.2) is 8.42 Å². The average molecular weight is 164 g/mol.